The van der Waals surface area contributed by atoms with Crippen molar-refractivity contribution in [2.24, 2.45) is 0 Å². The molecule has 2 atom stereocenters. The number of carbonyl (C=O) groups is 2. The summed E-state index contributed by atoms with van der Waals surface area (Å²) in [5.74, 6) is -0.617. The molecule has 7 nitrogen and oxygen atoms in total. The van der Waals surface area contributed by atoms with Crippen LogP contribution >= 0.6 is 23.2 Å². The lowest BCUT2D eigenvalue weighted by Gasteiger charge is -2.34. The molecule has 2 amide bonds. The molecule has 0 saturated heterocycles. The number of hydrogen-bond donors (Lipinski definition) is 1. The number of carbonyl (C=O) groups excluding carboxylic acids is 2. The molecule has 3 rings (SSSR count). The van der Waals surface area contributed by atoms with Gasteiger partial charge in [-0.05, 0) is 60.2 Å². The van der Waals surface area contributed by atoms with E-state index in [1.54, 1.807) is 30.3 Å². The monoisotopic (exact) mass is 631 g/mol. The van der Waals surface area contributed by atoms with Gasteiger partial charge in [-0.25, -0.2) is 8.42 Å². The van der Waals surface area contributed by atoms with Gasteiger partial charge in [-0.2, -0.15) is 0 Å². The molecule has 0 aliphatic carbocycles. The van der Waals surface area contributed by atoms with Gasteiger partial charge in [0.1, 0.15) is 12.6 Å². The predicted molar refractivity (Wildman–Crippen MR) is 172 cm³/mol. The van der Waals surface area contributed by atoms with Gasteiger partial charge in [-0.15, -0.1) is 0 Å². The fourth-order valence-electron chi connectivity index (χ4n) is 4.47. The van der Waals surface area contributed by atoms with Gasteiger partial charge in [0, 0.05) is 29.1 Å². The van der Waals surface area contributed by atoms with E-state index in [-0.39, 0.29) is 30.8 Å². The number of hydrogen-bond acceptors (Lipinski definition) is 4. The average Bonchev–Trinajstić information content (AvgIpc) is 2.94. The summed E-state index contributed by atoms with van der Waals surface area (Å²) in [5, 5.41) is 3.78. The molecule has 0 aliphatic rings. The third-order valence-corrected chi connectivity index (χ3v) is 8.88. The number of nitrogens with zero attached hydrogens (tertiary/aromatic N) is 2. The van der Waals surface area contributed by atoms with Crippen molar-refractivity contribution in [3.63, 3.8) is 0 Å². The second-order valence-corrected chi connectivity index (χ2v) is 13.5. The van der Waals surface area contributed by atoms with E-state index in [0.717, 1.165) is 21.7 Å². The Balaban J connectivity index is 2.08. The van der Waals surface area contributed by atoms with Gasteiger partial charge in [0.15, 0.2) is 0 Å². The summed E-state index contributed by atoms with van der Waals surface area (Å²) in [4.78, 5) is 29.4. The molecule has 0 spiro atoms. The minimum atomic E-state index is -3.85. The summed E-state index contributed by atoms with van der Waals surface area (Å²) < 4.78 is 27.0. The first-order chi connectivity index (χ1) is 19.8. The largest absolute Gasteiger partial charge is 0.352 e. The second-order valence-electron chi connectivity index (χ2n) is 10.8. The Hall–Kier alpha value is -3.07. The molecule has 10 heteroatoms. The molecule has 0 aliphatic heterocycles. The number of amides is 2. The summed E-state index contributed by atoms with van der Waals surface area (Å²) >= 11 is 12.6. The van der Waals surface area contributed by atoms with E-state index in [1.165, 1.54) is 4.90 Å². The Kier molecular flexibility index (Phi) is 11.9. The van der Waals surface area contributed by atoms with Crippen LogP contribution < -0.4 is 9.62 Å². The highest BCUT2D eigenvalue weighted by atomic mass is 35.5. The SMILES string of the molecule is CC[C@H](C)NC(=O)[C@H](Cc1ccccc1)N(Cc1ccc(Cl)cc1Cl)C(=O)CN(c1ccc(C(C)C)cc1)S(C)(=O)=O. The van der Waals surface area contributed by atoms with Crippen LogP contribution in [0, 0.1) is 0 Å². The molecule has 0 aromatic heterocycles. The quantitative estimate of drug-likeness (QED) is 0.235. The fraction of sp³-hybridized carbons (Fsp3) is 0.375. The van der Waals surface area contributed by atoms with E-state index < -0.39 is 28.5 Å². The van der Waals surface area contributed by atoms with E-state index in [4.69, 9.17) is 23.2 Å². The molecule has 0 heterocycles. The van der Waals surface area contributed by atoms with Gasteiger partial charge in [0.05, 0.1) is 11.9 Å². The van der Waals surface area contributed by atoms with Crippen LogP contribution in [0.5, 0.6) is 0 Å². The van der Waals surface area contributed by atoms with Crippen molar-refractivity contribution in [1.29, 1.82) is 0 Å². The maximum Gasteiger partial charge on any atom is 0.244 e. The van der Waals surface area contributed by atoms with Crippen molar-refractivity contribution >= 4 is 50.7 Å². The number of benzene rings is 3. The van der Waals surface area contributed by atoms with Crippen LogP contribution in [-0.2, 0) is 32.6 Å². The van der Waals surface area contributed by atoms with E-state index in [9.17, 15) is 18.0 Å². The molecule has 42 heavy (non-hydrogen) atoms. The summed E-state index contributed by atoms with van der Waals surface area (Å²) in [6.07, 6.45) is 1.99. The minimum Gasteiger partial charge on any atom is -0.352 e. The van der Waals surface area contributed by atoms with Crippen LogP contribution in [0.2, 0.25) is 10.0 Å². The lowest BCUT2D eigenvalue weighted by molar-refractivity contribution is -0.140. The van der Waals surface area contributed by atoms with Gasteiger partial charge in [-0.1, -0.05) is 92.5 Å². The van der Waals surface area contributed by atoms with Gasteiger partial charge >= 0.3 is 0 Å². The highest BCUT2D eigenvalue weighted by Crippen LogP contribution is 2.26. The first-order valence-electron chi connectivity index (χ1n) is 14.0. The van der Waals surface area contributed by atoms with Crippen LogP contribution in [0.1, 0.15) is 56.7 Å². The standard InChI is InChI=1S/C32H39Cl2N3O4S/c1-6-23(4)35-32(39)30(18-24-10-8-7-9-11-24)36(20-26-12-15-27(33)19-29(26)34)31(38)21-37(42(5,40)41)28-16-13-25(14-17-28)22(2)3/h7-17,19,22-23,30H,6,18,20-21H2,1-5H3,(H,35,39)/t23-,30-/m0/s1. The van der Waals surface area contributed by atoms with Crippen LogP contribution in [0.4, 0.5) is 5.69 Å². The molecular weight excluding hydrogens is 593 g/mol. The topological polar surface area (TPSA) is 86.8 Å². The molecule has 0 bridgehead atoms. The third kappa shape index (κ3) is 9.21. The first kappa shape index (κ1) is 33.4. The molecule has 1 N–H and O–H groups in total. The zero-order chi connectivity index (χ0) is 31.0. The highest BCUT2D eigenvalue weighted by Gasteiger charge is 2.33. The lowest BCUT2D eigenvalue weighted by Crippen LogP contribution is -2.54. The van der Waals surface area contributed by atoms with Crippen LogP contribution in [0.15, 0.2) is 72.8 Å². The Morgan fingerprint density at radius 2 is 1.57 bits per heavy atom. The van der Waals surface area contributed by atoms with Gasteiger partial charge < -0.3 is 10.2 Å². The summed E-state index contributed by atoms with van der Waals surface area (Å²) in [7, 11) is -3.85. The Labute approximate surface area is 259 Å². The molecule has 0 fully saturated rings. The number of halogens is 2. The Bertz CT molecular complexity index is 1460. The number of sulfonamides is 1. The van der Waals surface area contributed by atoms with Crippen molar-refractivity contribution in [3.8, 4) is 0 Å². The maximum atomic E-state index is 14.2. The zero-order valence-corrected chi connectivity index (χ0v) is 27.0. The van der Waals surface area contributed by atoms with Crippen molar-refractivity contribution in [1.82, 2.24) is 10.2 Å². The van der Waals surface area contributed by atoms with Gasteiger partial charge in [-0.3, -0.25) is 13.9 Å². The van der Waals surface area contributed by atoms with E-state index in [0.29, 0.717) is 27.7 Å². The molecule has 226 valence electrons. The molecule has 0 radical (unpaired) electrons. The molecule has 3 aromatic carbocycles. The van der Waals surface area contributed by atoms with Crippen molar-refractivity contribution < 1.29 is 18.0 Å². The lowest BCUT2D eigenvalue weighted by atomic mass is 10.0. The van der Waals surface area contributed by atoms with Crippen LogP contribution in [0.25, 0.3) is 0 Å². The number of nitrogens with one attached hydrogen (secondary N) is 1. The Morgan fingerprint density at radius 3 is 2.12 bits per heavy atom. The van der Waals surface area contributed by atoms with Crippen molar-refractivity contribution in [2.75, 3.05) is 17.1 Å². The van der Waals surface area contributed by atoms with Crippen LogP contribution in [0.3, 0.4) is 0 Å². The first-order valence-corrected chi connectivity index (χ1v) is 16.6. The number of rotatable bonds is 13. The second kappa shape index (κ2) is 14.9. The predicted octanol–water partition coefficient (Wildman–Crippen LogP) is 6.44. The van der Waals surface area contributed by atoms with E-state index in [2.05, 4.69) is 5.32 Å². The van der Waals surface area contributed by atoms with Crippen molar-refractivity contribution in [3.05, 3.63) is 99.5 Å². The van der Waals surface area contributed by atoms with Crippen LogP contribution in [-0.4, -0.2) is 50.0 Å². The summed E-state index contributed by atoms with van der Waals surface area (Å²) in [6.45, 7) is 7.43. The maximum absolute atomic E-state index is 14.2. The Morgan fingerprint density at radius 1 is 0.929 bits per heavy atom. The summed E-state index contributed by atoms with van der Waals surface area (Å²) in [5.41, 5.74) is 2.84. The average molecular weight is 633 g/mol. The van der Waals surface area contributed by atoms with E-state index >= 15 is 0 Å². The minimum absolute atomic E-state index is 0.0237. The molecule has 3 aromatic rings. The third-order valence-electron chi connectivity index (χ3n) is 7.15. The molecule has 0 saturated carbocycles. The number of anilines is 1. The fourth-order valence-corrected chi connectivity index (χ4v) is 5.79. The van der Waals surface area contributed by atoms with Crippen molar-refractivity contribution in [2.45, 2.75) is 65.1 Å². The highest BCUT2D eigenvalue weighted by molar-refractivity contribution is 7.92. The molecule has 0 unspecified atom stereocenters. The van der Waals surface area contributed by atoms with Gasteiger partial charge in [0.25, 0.3) is 0 Å². The summed E-state index contributed by atoms with van der Waals surface area (Å²) in [6, 6.07) is 20.4. The van der Waals surface area contributed by atoms with Gasteiger partial charge in [0.2, 0.25) is 21.8 Å². The normalized spacial score (nSPS) is 13.0. The smallest absolute Gasteiger partial charge is 0.244 e. The zero-order valence-electron chi connectivity index (χ0n) is 24.7. The molecular formula is C32H39Cl2N3O4S. The van der Waals surface area contributed by atoms with E-state index in [1.807, 2.05) is 70.2 Å².